The number of nitrogens with two attached hydrogens (primary N) is 1. The number of hydrogen-bond donors (Lipinski definition) is 3. The summed E-state index contributed by atoms with van der Waals surface area (Å²) < 4.78 is 0. The van der Waals surface area contributed by atoms with Gasteiger partial charge in [0.2, 0.25) is 0 Å². The Labute approximate surface area is 79.3 Å². The van der Waals surface area contributed by atoms with E-state index in [0.717, 1.165) is 25.9 Å². The molecule has 1 saturated heterocycles. The van der Waals surface area contributed by atoms with Gasteiger partial charge in [-0.2, -0.15) is 0 Å². The van der Waals surface area contributed by atoms with Gasteiger partial charge < -0.3 is 20.8 Å². The van der Waals surface area contributed by atoms with Gasteiger partial charge in [0.05, 0.1) is 6.10 Å². The number of rotatable bonds is 4. The molecule has 0 aromatic heterocycles. The standard InChI is InChI=1S/C9H20N2O2/c10-6-8-2-4-11(3-1-5-12)7-9(8)13/h8-9,12-13H,1-7,10H2/t8?,9-/m1/s1. The first-order valence-electron chi connectivity index (χ1n) is 4.99. The quantitative estimate of drug-likeness (QED) is 0.530. The van der Waals surface area contributed by atoms with Gasteiger partial charge in [0.25, 0.3) is 0 Å². The Morgan fingerprint density at radius 2 is 2.23 bits per heavy atom. The van der Waals surface area contributed by atoms with Gasteiger partial charge in [0.1, 0.15) is 0 Å². The van der Waals surface area contributed by atoms with Gasteiger partial charge in [-0.3, -0.25) is 0 Å². The van der Waals surface area contributed by atoms with Crippen LogP contribution in [0.5, 0.6) is 0 Å². The molecule has 1 unspecified atom stereocenters. The molecule has 1 rings (SSSR count). The minimum absolute atomic E-state index is 0.229. The van der Waals surface area contributed by atoms with Crippen LogP contribution in [0.4, 0.5) is 0 Å². The van der Waals surface area contributed by atoms with Crippen molar-refractivity contribution >= 4 is 0 Å². The predicted molar refractivity (Wildman–Crippen MR) is 51.3 cm³/mol. The molecular weight excluding hydrogens is 168 g/mol. The smallest absolute Gasteiger partial charge is 0.0707 e. The Morgan fingerprint density at radius 1 is 1.46 bits per heavy atom. The highest BCUT2D eigenvalue weighted by molar-refractivity contribution is 4.80. The average molecular weight is 188 g/mol. The molecular formula is C9H20N2O2. The molecule has 1 aliphatic heterocycles. The summed E-state index contributed by atoms with van der Waals surface area (Å²) in [4.78, 5) is 2.19. The van der Waals surface area contributed by atoms with Crippen LogP contribution in [-0.4, -0.2) is 54.0 Å². The van der Waals surface area contributed by atoms with Crippen molar-refractivity contribution in [3.8, 4) is 0 Å². The first-order valence-corrected chi connectivity index (χ1v) is 4.99. The van der Waals surface area contributed by atoms with Gasteiger partial charge in [0, 0.05) is 19.7 Å². The van der Waals surface area contributed by atoms with E-state index in [1.54, 1.807) is 0 Å². The number of piperidine rings is 1. The Hall–Kier alpha value is -0.160. The third-order valence-electron chi connectivity index (χ3n) is 2.74. The molecule has 1 fully saturated rings. The SMILES string of the molecule is NCC1CCN(CCCO)C[C@H]1O. The number of likely N-dealkylation sites (tertiary alicyclic amines) is 1. The van der Waals surface area contributed by atoms with E-state index >= 15 is 0 Å². The summed E-state index contributed by atoms with van der Waals surface area (Å²) in [6, 6.07) is 0. The van der Waals surface area contributed by atoms with Crippen molar-refractivity contribution in [3.05, 3.63) is 0 Å². The molecule has 0 amide bonds. The lowest BCUT2D eigenvalue weighted by Gasteiger charge is -2.35. The monoisotopic (exact) mass is 188 g/mol. The zero-order chi connectivity index (χ0) is 9.68. The van der Waals surface area contributed by atoms with Crippen molar-refractivity contribution in [2.24, 2.45) is 11.7 Å². The van der Waals surface area contributed by atoms with E-state index < -0.39 is 0 Å². The molecule has 0 radical (unpaired) electrons. The molecule has 2 atom stereocenters. The van der Waals surface area contributed by atoms with Gasteiger partial charge >= 0.3 is 0 Å². The van der Waals surface area contributed by atoms with Crippen molar-refractivity contribution in [1.29, 1.82) is 0 Å². The van der Waals surface area contributed by atoms with Gasteiger partial charge in [-0.15, -0.1) is 0 Å². The van der Waals surface area contributed by atoms with Crippen LogP contribution in [0, 0.1) is 5.92 Å². The second-order valence-corrected chi connectivity index (χ2v) is 3.73. The maximum absolute atomic E-state index is 9.65. The maximum atomic E-state index is 9.65. The lowest BCUT2D eigenvalue weighted by molar-refractivity contribution is 0.0233. The Bertz CT molecular complexity index is 144. The maximum Gasteiger partial charge on any atom is 0.0707 e. The zero-order valence-corrected chi connectivity index (χ0v) is 8.02. The van der Waals surface area contributed by atoms with E-state index in [0.29, 0.717) is 13.1 Å². The molecule has 0 saturated carbocycles. The fourth-order valence-electron chi connectivity index (χ4n) is 1.82. The van der Waals surface area contributed by atoms with Crippen molar-refractivity contribution in [3.63, 3.8) is 0 Å². The molecule has 4 heteroatoms. The van der Waals surface area contributed by atoms with Gasteiger partial charge in [-0.05, 0) is 31.8 Å². The highest BCUT2D eigenvalue weighted by Crippen LogP contribution is 2.16. The van der Waals surface area contributed by atoms with E-state index in [4.69, 9.17) is 10.8 Å². The van der Waals surface area contributed by atoms with Crippen molar-refractivity contribution in [1.82, 2.24) is 4.90 Å². The van der Waals surface area contributed by atoms with E-state index in [1.807, 2.05) is 0 Å². The number of β-amino-alcohol motifs (C(OH)–C–C–N with tert-alkyl or cyclic N) is 1. The molecule has 0 aliphatic carbocycles. The summed E-state index contributed by atoms with van der Waals surface area (Å²) in [7, 11) is 0. The lowest BCUT2D eigenvalue weighted by Crippen LogP contribution is -2.46. The van der Waals surface area contributed by atoms with Crippen LogP contribution in [0.15, 0.2) is 0 Å². The first-order chi connectivity index (χ1) is 6.27. The number of hydrogen-bond acceptors (Lipinski definition) is 4. The van der Waals surface area contributed by atoms with E-state index in [9.17, 15) is 5.11 Å². The number of aliphatic hydroxyl groups is 2. The minimum atomic E-state index is -0.280. The van der Waals surface area contributed by atoms with Crippen LogP contribution >= 0.6 is 0 Å². The van der Waals surface area contributed by atoms with Crippen LogP contribution in [0.1, 0.15) is 12.8 Å². The third kappa shape index (κ3) is 3.23. The van der Waals surface area contributed by atoms with Gasteiger partial charge in [-0.25, -0.2) is 0 Å². The third-order valence-corrected chi connectivity index (χ3v) is 2.74. The molecule has 0 spiro atoms. The molecule has 1 heterocycles. The fraction of sp³-hybridized carbons (Fsp3) is 1.00. The second kappa shape index (κ2) is 5.54. The molecule has 4 nitrogen and oxygen atoms in total. The van der Waals surface area contributed by atoms with Crippen molar-refractivity contribution in [2.75, 3.05) is 32.8 Å². The second-order valence-electron chi connectivity index (χ2n) is 3.73. The Morgan fingerprint density at radius 3 is 2.77 bits per heavy atom. The first kappa shape index (κ1) is 10.9. The number of aliphatic hydroxyl groups excluding tert-OH is 2. The van der Waals surface area contributed by atoms with Crippen LogP contribution in [0.2, 0.25) is 0 Å². The summed E-state index contributed by atoms with van der Waals surface area (Å²) in [5, 5.41) is 18.3. The average Bonchev–Trinajstić information content (AvgIpc) is 2.15. The molecule has 13 heavy (non-hydrogen) atoms. The molecule has 1 aliphatic rings. The largest absolute Gasteiger partial charge is 0.396 e. The van der Waals surface area contributed by atoms with Crippen LogP contribution < -0.4 is 5.73 Å². The van der Waals surface area contributed by atoms with E-state index in [2.05, 4.69) is 4.90 Å². The minimum Gasteiger partial charge on any atom is -0.396 e. The summed E-state index contributed by atoms with van der Waals surface area (Å²) in [6.07, 6.45) is 1.49. The van der Waals surface area contributed by atoms with Crippen LogP contribution in [0.3, 0.4) is 0 Å². The Kier molecular flexibility index (Phi) is 4.66. The van der Waals surface area contributed by atoms with E-state index in [1.165, 1.54) is 0 Å². The molecule has 0 aromatic carbocycles. The highest BCUT2D eigenvalue weighted by Gasteiger charge is 2.25. The predicted octanol–water partition coefficient (Wildman–Crippen LogP) is -0.990. The summed E-state index contributed by atoms with van der Waals surface area (Å²) in [5.41, 5.74) is 5.52. The zero-order valence-electron chi connectivity index (χ0n) is 8.02. The van der Waals surface area contributed by atoms with Crippen LogP contribution in [-0.2, 0) is 0 Å². The molecule has 0 aromatic rings. The lowest BCUT2D eigenvalue weighted by atomic mass is 9.94. The number of nitrogens with zero attached hydrogens (tertiary/aromatic N) is 1. The van der Waals surface area contributed by atoms with Gasteiger partial charge in [0.15, 0.2) is 0 Å². The summed E-state index contributed by atoms with van der Waals surface area (Å²) >= 11 is 0. The molecule has 0 bridgehead atoms. The normalized spacial score (nSPS) is 30.7. The highest BCUT2D eigenvalue weighted by atomic mass is 16.3. The molecule has 78 valence electrons. The van der Waals surface area contributed by atoms with Crippen LogP contribution in [0.25, 0.3) is 0 Å². The van der Waals surface area contributed by atoms with Crippen molar-refractivity contribution < 1.29 is 10.2 Å². The fourth-order valence-corrected chi connectivity index (χ4v) is 1.82. The summed E-state index contributed by atoms with van der Waals surface area (Å²) in [6.45, 7) is 3.40. The summed E-state index contributed by atoms with van der Waals surface area (Å²) in [5.74, 6) is 0.269. The molecule has 4 N–H and O–H groups in total. The topological polar surface area (TPSA) is 69.7 Å². The van der Waals surface area contributed by atoms with Gasteiger partial charge in [-0.1, -0.05) is 0 Å². The Balaban J connectivity index is 2.24. The van der Waals surface area contributed by atoms with E-state index in [-0.39, 0.29) is 18.6 Å². The van der Waals surface area contributed by atoms with Crippen molar-refractivity contribution in [2.45, 2.75) is 18.9 Å².